The van der Waals surface area contributed by atoms with Gasteiger partial charge in [-0.3, -0.25) is 19.8 Å². The number of hydrogen-bond acceptors (Lipinski definition) is 4. The molecule has 2 heterocycles. The molecule has 0 spiro atoms. The van der Waals surface area contributed by atoms with Crippen LogP contribution in [0.3, 0.4) is 0 Å². The van der Waals surface area contributed by atoms with Crippen molar-refractivity contribution >= 4 is 51.6 Å². The number of aryl methyl sites for hydroxylation is 1. The third kappa shape index (κ3) is 5.99. The Morgan fingerprint density at radius 3 is 2.76 bits per heavy atom. The molecule has 11 heteroatoms. The van der Waals surface area contributed by atoms with Crippen LogP contribution in [0.5, 0.6) is 0 Å². The number of nitrogens with one attached hydrogen (secondary N) is 1. The molecule has 0 aliphatic heterocycles. The van der Waals surface area contributed by atoms with Crippen LogP contribution >= 0.6 is 39.9 Å². The van der Waals surface area contributed by atoms with E-state index in [0.29, 0.717) is 19.6 Å². The molecule has 2 aromatic rings. The normalized spacial score (nSPS) is 11.1. The van der Waals surface area contributed by atoms with E-state index in [1.54, 1.807) is 7.05 Å². The summed E-state index contributed by atoms with van der Waals surface area (Å²) in [6.07, 6.45) is 4.66. The van der Waals surface area contributed by atoms with Gasteiger partial charge in [-0.25, -0.2) is 0 Å². The monoisotopic (exact) mass is 525 g/mol. The van der Waals surface area contributed by atoms with Gasteiger partial charge in [0.1, 0.15) is 12.4 Å². The van der Waals surface area contributed by atoms with E-state index in [9.17, 15) is 10.1 Å². The summed E-state index contributed by atoms with van der Waals surface area (Å²) >= 11 is 3.46. The number of nitrogens with zero attached hydrogens (tertiary/aromatic N) is 6. The number of aliphatic imine (C=N–C) groups is 1. The average molecular weight is 526 g/mol. The molecule has 25 heavy (non-hydrogen) atoms. The molecule has 0 aliphatic rings. The van der Waals surface area contributed by atoms with Crippen LogP contribution in [0.25, 0.3) is 0 Å². The average Bonchev–Trinajstić information content (AvgIpc) is 3.10. The highest BCUT2D eigenvalue weighted by atomic mass is 127. The first kappa shape index (κ1) is 21.4. The standard InChI is InChI=1S/C14H20BrN7O2.HI/c1-16-14(20(3)9-12-6-11(15)8-19(12)2)17-4-5-21-10-13(7-18-21)22(23)24;/h6-8,10H,4-5,9H2,1-3H3,(H,16,17);1H. The van der Waals surface area contributed by atoms with Crippen molar-refractivity contribution in [2.45, 2.75) is 13.1 Å². The molecule has 0 radical (unpaired) electrons. The molecule has 0 aromatic carbocycles. The lowest BCUT2D eigenvalue weighted by Gasteiger charge is -2.22. The molecule has 2 aromatic heterocycles. The highest BCUT2D eigenvalue weighted by molar-refractivity contribution is 14.0. The maximum Gasteiger partial charge on any atom is 0.306 e. The van der Waals surface area contributed by atoms with E-state index in [0.717, 1.165) is 16.1 Å². The van der Waals surface area contributed by atoms with Crippen LogP contribution in [0, 0.1) is 10.1 Å². The highest BCUT2D eigenvalue weighted by Crippen LogP contribution is 2.15. The van der Waals surface area contributed by atoms with Crippen LogP contribution in [-0.4, -0.2) is 50.8 Å². The molecule has 138 valence electrons. The molecule has 1 N–H and O–H groups in total. The van der Waals surface area contributed by atoms with E-state index in [1.807, 2.05) is 25.2 Å². The summed E-state index contributed by atoms with van der Waals surface area (Å²) in [5, 5.41) is 17.8. The maximum absolute atomic E-state index is 10.6. The molecular weight excluding hydrogens is 505 g/mol. The number of halogens is 2. The van der Waals surface area contributed by atoms with Gasteiger partial charge in [0.05, 0.1) is 18.0 Å². The molecule has 0 fully saturated rings. The number of aromatic nitrogens is 3. The minimum Gasteiger partial charge on any atom is -0.354 e. The van der Waals surface area contributed by atoms with Crippen molar-refractivity contribution in [3.05, 3.63) is 44.9 Å². The summed E-state index contributed by atoms with van der Waals surface area (Å²) in [5.74, 6) is 0.744. The van der Waals surface area contributed by atoms with Crippen molar-refractivity contribution in [2.24, 2.45) is 12.0 Å². The lowest BCUT2D eigenvalue weighted by Crippen LogP contribution is -2.40. The Labute approximate surface area is 171 Å². The van der Waals surface area contributed by atoms with E-state index >= 15 is 0 Å². The Bertz CT molecular complexity index is 743. The Morgan fingerprint density at radius 1 is 1.52 bits per heavy atom. The number of guanidine groups is 1. The quantitative estimate of drug-likeness (QED) is 0.205. The fourth-order valence-corrected chi connectivity index (χ4v) is 2.85. The van der Waals surface area contributed by atoms with Crippen LogP contribution in [0.4, 0.5) is 5.69 Å². The molecule has 0 atom stereocenters. The minimum absolute atomic E-state index is 0. The summed E-state index contributed by atoms with van der Waals surface area (Å²) in [6.45, 7) is 1.78. The summed E-state index contributed by atoms with van der Waals surface area (Å²) in [6, 6.07) is 2.06. The Hall–Kier alpha value is -1.63. The third-order valence-electron chi connectivity index (χ3n) is 3.50. The van der Waals surface area contributed by atoms with E-state index in [4.69, 9.17) is 0 Å². The van der Waals surface area contributed by atoms with Crippen molar-refractivity contribution in [1.82, 2.24) is 24.6 Å². The van der Waals surface area contributed by atoms with Crippen LogP contribution in [0.1, 0.15) is 5.69 Å². The van der Waals surface area contributed by atoms with Crippen LogP contribution in [0.15, 0.2) is 34.1 Å². The van der Waals surface area contributed by atoms with Crippen LogP contribution < -0.4 is 5.32 Å². The minimum atomic E-state index is -0.457. The number of rotatable bonds is 6. The van der Waals surface area contributed by atoms with Crippen molar-refractivity contribution in [1.29, 1.82) is 0 Å². The lowest BCUT2D eigenvalue weighted by atomic mass is 10.4. The molecule has 2 rings (SSSR count). The number of nitro groups is 1. The van der Waals surface area contributed by atoms with E-state index in [1.165, 1.54) is 17.1 Å². The van der Waals surface area contributed by atoms with Gasteiger partial charge in [-0.05, 0) is 22.0 Å². The second-order valence-corrected chi connectivity index (χ2v) is 6.23. The fraction of sp³-hybridized carbons (Fsp3) is 0.429. The Kier molecular flexibility index (Phi) is 8.35. The fourth-order valence-electron chi connectivity index (χ4n) is 2.28. The summed E-state index contributed by atoms with van der Waals surface area (Å²) < 4.78 is 4.63. The molecule has 0 saturated heterocycles. The first-order valence-electron chi connectivity index (χ1n) is 7.30. The largest absolute Gasteiger partial charge is 0.354 e. The van der Waals surface area contributed by atoms with Crippen LogP contribution in [0.2, 0.25) is 0 Å². The molecule has 9 nitrogen and oxygen atoms in total. The smallest absolute Gasteiger partial charge is 0.306 e. The van der Waals surface area contributed by atoms with Crippen LogP contribution in [-0.2, 0) is 20.1 Å². The molecule has 0 saturated carbocycles. The zero-order valence-corrected chi connectivity index (χ0v) is 18.1. The Morgan fingerprint density at radius 2 is 2.24 bits per heavy atom. The second kappa shape index (κ2) is 9.75. The molecular formula is C14H21BrIN7O2. The van der Waals surface area contributed by atoms with E-state index in [-0.39, 0.29) is 29.7 Å². The van der Waals surface area contributed by atoms with Crippen molar-refractivity contribution < 1.29 is 4.92 Å². The van der Waals surface area contributed by atoms with Gasteiger partial charge >= 0.3 is 5.69 Å². The van der Waals surface area contributed by atoms with Gasteiger partial charge in [0.2, 0.25) is 0 Å². The van der Waals surface area contributed by atoms with Gasteiger partial charge in [-0.2, -0.15) is 5.10 Å². The van der Waals surface area contributed by atoms with Gasteiger partial charge in [0.15, 0.2) is 5.96 Å². The lowest BCUT2D eigenvalue weighted by molar-refractivity contribution is -0.385. The van der Waals surface area contributed by atoms with E-state index in [2.05, 4.69) is 42.0 Å². The summed E-state index contributed by atoms with van der Waals surface area (Å²) in [7, 11) is 5.67. The molecule has 0 bridgehead atoms. The second-order valence-electron chi connectivity index (χ2n) is 5.31. The first-order chi connectivity index (χ1) is 11.4. The predicted octanol–water partition coefficient (Wildman–Crippen LogP) is 2.22. The van der Waals surface area contributed by atoms with Gasteiger partial charge in [0.25, 0.3) is 0 Å². The van der Waals surface area contributed by atoms with Gasteiger partial charge < -0.3 is 14.8 Å². The predicted molar refractivity (Wildman–Crippen MR) is 110 cm³/mol. The van der Waals surface area contributed by atoms with Gasteiger partial charge in [0, 0.05) is 44.1 Å². The molecule has 0 aliphatic carbocycles. The molecule has 0 amide bonds. The van der Waals surface area contributed by atoms with Crippen molar-refractivity contribution in [3.63, 3.8) is 0 Å². The van der Waals surface area contributed by atoms with Crippen molar-refractivity contribution in [3.8, 4) is 0 Å². The Balaban J connectivity index is 0.00000312. The zero-order valence-electron chi connectivity index (χ0n) is 14.2. The zero-order chi connectivity index (χ0) is 17.7. The summed E-state index contributed by atoms with van der Waals surface area (Å²) in [5.41, 5.74) is 1.14. The molecule has 0 unspecified atom stereocenters. The summed E-state index contributed by atoms with van der Waals surface area (Å²) in [4.78, 5) is 16.4. The van der Waals surface area contributed by atoms with E-state index < -0.39 is 4.92 Å². The topological polar surface area (TPSA) is 93.5 Å². The van der Waals surface area contributed by atoms with Gasteiger partial charge in [-0.15, -0.1) is 24.0 Å². The SMILES string of the molecule is CN=C(NCCn1cc([N+](=O)[O-])cn1)N(C)Cc1cc(Br)cn1C.I. The van der Waals surface area contributed by atoms with Crippen molar-refractivity contribution in [2.75, 3.05) is 20.6 Å². The number of hydrogen-bond donors (Lipinski definition) is 1. The third-order valence-corrected chi connectivity index (χ3v) is 3.94. The first-order valence-corrected chi connectivity index (χ1v) is 8.09. The van der Waals surface area contributed by atoms with Gasteiger partial charge in [-0.1, -0.05) is 0 Å². The maximum atomic E-state index is 10.6. The highest BCUT2D eigenvalue weighted by Gasteiger charge is 2.11.